The van der Waals surface area contributed by atoms with Crippen LogP contribution in [0.15, 0.2) is 42.5 Å². The van der Waals surface area contributed by atoms with Gasteiger partial charge in [0.2, 0.25) is 5.91 Å². The Morgan fingerprint density at radius 3 is 2.81 bits per heavy atom. The van der Waals surface area contributed by atoms with E-state index in [1.165, 1.54) is 0 Å². The number of benzene rings is 2. The summed E-state index contributed by atoms with van der Waals surface area (Å²) in [5.41, 5.74) is 5.11. The third-order valence-corrected chi connectivity index (χ3v) is 5.97. The number of likely N-dealkylation sites (N-methyl/N-ethyl adjacent to an activating group) is 1. The fourth-order valence-electron chi connectivity index (χ4n) is 4.23. The molecule has 0 aliphatic carbocycles. The second-order valence-electron chi connectivity index (χ2n) is 8.17. The summed E-state index contributed by atoms with van der Waals surface area (Å²) in [6.07, 6.45) is 1.19. The van der Waals surface area contributed by atoms with Crippen LogP contribution in [0.5, 0.6) is 0 Å². The van der Waals surface area contributed by atoms with Crippen molar-refractivity contribution in [1.82, 2.24) is 10.6 Å². The Kier molecular flexibility index (Phi) is 6.84. The molecule has 166 valence electrons. The van der Waals surface area contributed by atoms with E-state index in [1.54, 1.807) is 0 Å². The molecule has 7 heteroatoms. The highest BCUT2D eigenvalue weighted by molar-refractivity contribution is 6.02. The van der Waals surface area contributed by atoms with E-state index in [0.717, 1.165) is 40.9 Å². The van der Waals surface area contributed by atoms with E-state index in [1.807, 2.05) is 48.2 Å². The van der Waals surface area contributed by atoms with Gasteiger partial charge >= 0.3 is 0 Å². The van der Waals surface area contributed by atoms with Crippen molar-refractivity contribution in [2.75, 3.05) is 31.1 Å². The maximum absolute atomic E-state index is 12.5. The molecule has 0 bridgehead atoms. The van der Waals surface area contributed by atoms with Crippen molar-refractivity contribution in [3.63, 3.8) is 0 Å². The van der Waals surface area contributed by atoms with Gasteiger partial charge < -0.3 is 20.3 Å². The summed E-state index contributed by atoms with van der Waals surface area (Å²) in [6, 6.07) is 15.7. The van der Waals surface area contributed by atoms with E-state index in [0.29, 0.717) is 32.5 Å². The van der Waals surface area contributed by atoms with E-state index in [2.05, 4.69) is 22.8 Å². The molecule has 2 amide bonds. The van der Waals surface area contributed by atoms with E-state index in [-0.39, 0.29) is 11.8 Å². The number of nitrogens with zero attached hydrogens (tertiary/aromatic N) is 2. The number of anilines is 1. The molecular weight excluding hydrogens is 404 g/mol. The molecular formula is C25H28N4O3. The van der Waals surface area contributed by atoms with Crippen LogP contribution >= 0.6 is 0 Å². The largest absolute Gasteiger partial charge is 0.367 e. The summed E-state index contributed by atoms with van der Waals surface area (Å²) in [7, 11) is 0. The molecule has 0 spiro atoms. The zero-order chi connectivity index (χ0) is 22.5. The van der Waals surface area contributed by atoms with Crippen LogP contribution < -0.4 is 15.5 Å². The van der Waals surface area contributed by atoms with Crippen LogP contribution in [-0.2, 0) is 27.2 Å². The minimum Gasteiger partial charge on any atom is -0.367 e. The van der Waals surface area contributed by atoms with Crippen LogP contribution in [-0.4, -0.2) is 50.2 Å². The molecule has 2 aromatic carbocycles. The Morgan fingerprint density at radius 1 is 1.28 bits per heavy atom. The molecule has 2 heterocycles. The molecule has 2 N–H and O–H groups in total. The van der Waals surface area contributed by atoms with Crippen molar-refractivity contribution < 1.29 is 14.3 Å². The molecule has 32 heavy (non-hydrogen) atoms. The topological polar surface area (TPSA) is 94.5 Å². The normalized spacial score (nSPS) is 19.1. The van der Waals surface area contributed by atoms with Crippen LogP contribution in [0.25, 0.3) is 11.1 Å². The van der Waals surface area contributed by atoms with Gasteiger partial charge in [-0.25, -0.2) is 0 Å². The minimum atomic E-state index is -0.621. The third kappa shape index (κ3) is 4.82. The molecule has 0 radical (unpaired) electrons. The molecule has 2 atom stereocenters. The number of nitrogens with one attached hydrogen (secondary N) is 2. The Balaban J connectivity index is 1.41. The number of fused-ring (bicyclic) bond motifs is 1. The highest BCUT2D eigenvalue weighted by atomic mass is 16.5. The zero-order valence-corrected chi connectivity index (χ0v) is 18.3. The lowest BCUT2D eigenvalue weighted by Gasteiger charge is -2.18. The predicted molar refractivity (Wildman–Crippen MR) is 122 cm³/mol. The highest BCUT2D eigenvalue weighted by Crippen LogP contribution is 2.33. The van der Waals surface area contributed by atoms with Gasteiger partial charge in [-0.15, -0.1) is 0 Å². The first-order chi connectivity index (χ1) is 15.6. The lowest BCUT2D eigenvalue weighted by atomic mass is 9.99. The van der Waals surface area contributed by atoms with Gasteiger partial charge in [-0.05, 0) is 48.2 Å². The SMILES string of the molecule is CCN1C(=O)Cc2ccc(-c3ccc(C[C@@H](C#N)NC(=O)[C@@H]4CNCCCO4)cc3)cc21. The number of hydrogen-bond donors (Lipinski definition) is 2. The van der Waals surface area contributed by atoms with Gasteiger partial charge in [-0.1, -0.05) is 36.4 Å². The summed E-state index contributed by atoms with van der Waals surface area (Å²) in [6.45, 7) is 4.47. The number of ether oxygens (including phenoxy) is 1. The second kappa shape index (κ2) is 9.94. The number of hydrogen-bond acceptors (Lipinski definition) is 5. The van der Waals surface area contributed by atoms with Gasteiger partial charge in [0.25, 0.3) is 5.91 Å². The van der Waals surface area contributed by atoms with Gasteiger partial charge in [0.15, 0.2) is 0 Å². The smallest absolute Gasteiger partial charge is 0.251 e. The van der Waals surface area contributed by atoms with Crippen molar-refractivity contribution in [3.8, 4) is 17.2 Å². The van der Waals surface area contributed by atoms with Crippen LogP contribution in [0.3, 0.4) is 0 Å². The number of rotatable bonds is 6. The summed E-state index contributed by atoms with van der Waals surface area (Å²) < 4.78 is 5.57. The first-order valence-corrected chi connectivity index (χ1v) is 11.1. The Morgan fingerprint density at radius 2 is 2.06 bits per heavy atom. The molecule has 7 nitrogen and oxygen atoms in total. The van der Waals surface area contributed by atoms with Crippen LogP contribution in [0.4, 0.5) is 5.69 Å². The first kappa shape index (κ1) is 22.0. The third-order valence-electron chi connectivity index (χ3n) is 5.97. The second-order valence-corrected chi connectivity index (χ2v) is 8.17. The Hall–Kier alpha value is -3.21. The van der Waals surface area contributed by atoms with Crippen molar-refractivity contribution in [2.24, 2.45) is 0 Å². The molecule has 0 unspecified atom stereocenters. The molecule has 2 aliphatic rings. The maximum Gasteiger partial charge on any atom is 0.251 e. The maximum atomic E-state index is 12.5. The molecule has 0 aromatic heterocycles. The van der Waals surface area contributed by atoms with E-state index in [4.69, 9.17) is 4.74 Å². The number of carbonyl (C=O) groups excluding carboxylic acids is 2. The van der Waals surface area contributed by atoms with Gasteiger partial charge in [-0.2, -0.15) is 5.26 Å². The van der Waals surface area contributed by atoms with Gasteiger partial charge in [0.1, 0.15) is 12.1 Å². The average molecular weight is 433 g/mol. The summed E-state index contributed by atoms with van der Waals surface area (Å²) in [5.74, 6) is -0.111. The van der Waals surface area contributed by atoms with Crippen molar-refractivity contribution in [2.45, 2.75) is 38.3 Å². The fourth-order valence-corrected chi connectivity index (χ4v) is 4.23. The van der Waals surface area contributed by atoms with Crippen LogP contribution in [0.2, 0.25) is 0 Å². The minimum absolute atomic E-state index is 0.143. The lowest BCUT2D eigenvalue weighted by Crippen LogP contribution is -2.46. The van der Waals surface area contributed by atoms with Crippen LogP contribution in [0, 0.1) is 11.3 Å². The number of amides is 2. The molecule has 1 fully saturated rings. The van der Waals surface area contributed by atoms with E-state index < -0.39 is 12.1 Å². The van der Waals surface area contributed by atoms with Crippen molar-refractivity contribution >= 4 is 17.5 Å². The summed E-state index contributed by atoms with van der Waals surface area (Å²) >= 11 is 0. The predicted octanol–water partition coefficient (Wildman–Crippen LogP) is 2.19. The van der Waals surface area contributed by atoms with Crippen LogP contribution in [0.1, 0.15) is 24.5 Å². The van der Waals surface area contributed by atoms with Gasteiger partial charge in [-0.3, -0.25) is 9.59 Å². The quantitative estimate of drug-likeness (QED) is 0.730. The van der Waals surface area contributed by atoms with E-state index in [9.17, 15) is 14.9 Å². The molecule has 4 rings (SSSR count). The van der Waals surface area contributed by atoms with Gasteiger partial charge in [0.05, 0.1) is 12.5 Å². The number of carbonyl (C=O) groups is 2. The first-order valence-electron chi connectivity index (χ1n) is 11.1. The Labute approximate surface area is 188 Å². The van der Waals surface area contributed by atoms with Crippen molar-refractivity contribution in [1.29, 1.82) is 5.26 Å². The highest BCUT2D eigenvalue weighted by Gasteiger charge is 2.26. The van der Waals surface area contributed by atoms with Gasteiger partial charge in [0, 0.05) is 31.8 Å². The average Bonchev–Trinajstić information content (AvgIpc) is 2.96. The molecule has 2 aliphatic heterocycles. The Bertz CT molecular complexity index is 1020. The van der Waals surface area contributed by atoms with E-state index >= 15 is 0 Å². The summed E-state index contributed by atoms with van der Waals surface area (Å²) in [5, 5.41) is 15.5. The fraction of sp³-hybridized carbons (Fsp3) is 0.400. The number of nitriles is 1. The zero-order valence-electron chi connectivity index (χ0n) is 18.3. The molecule has 2 aromatic rings. The monoisotopic (exact) mass is 432 g/mol. The molecule has 1 saturated heterocycles. The summed E-state index contributed by atoms with van der Waals surface area (Å²) in [4.78, 5) is 26.4. The standard InChI is InChI=1S/C25H28N4O3/c1-2-29-22-13-19(8-9-20(22)14-24(29)30)18-6-4-17(5-7-18)12-21(15-26)28-25(31)23-16-27-10-3-11-32-23/h4-9,13,21,23,27H,2-3,10-12,14,16H2,1H3,(H,28,31)/t21-,23-/m0/s1. The van der Waals surface area contributed by atoms with Crippen molar-refractivity contribution in [3.05, 3.63) is 53.6 Å². The lowest BCUT2D eigenvalue weighted by molar-refractivity contribution is -0.132. The molecule has 0 saturated carbocycles.